The Bertz CT molecular complexity index is 243. The van der Waals surface area contributed by atoms with Gasteiger partial charge in [0.25, 0.3) is 0 Å². The summed E-state index contributed by atoms with van der Waals surface area (Å²) in [5, 5.41) is 13.4. The SMILES string of the molecule is CCCC(C)(C)NCC(O)COC1CCCCC1C. The van der Waals surface area contributed by atoms with Gasteiger partial charge in [-0.1, -0.05) is 33.1 Å². The van der Waals surface area contributed by atoms with Crippen LogP contribution in [-0.2, 0) is 4.74 Å². The molecule has 3 heteroatoms. The Kier molecular flexibility index (Phi) is 7.33. The molecule has 0 aromatic rings. The van der Waals surface area contributed by atoms with E-state index in [9.17, 15) is 5.11 Å². The van der Waals surface area contributed by atoms with Crippen molar-refractivity contribution in [2.45, 2.75) is 84.0 Å². The number of aliphatic hydroxyl groups is 1. The van der Waals surface area contributed by atoms with Crippen molar-refractivity contribution >= 4 is 0 Å². The number of nitrogens with one attached hydrogen (secondary N) is 1. The van der Waals surface area contributed by atoms with E-state index in [1.165, 1.54) is 19.3 Å². The zero-order chi connectivity index (χ0) is 14.3. The van der Waals surface area contributed by atoms with E-state index in [0.29, 0.717) is 25.2 Å². The summed E-state index contributed by atoms with van der Waals surface area (Å²) in [6.07, 6.45) is 7.26. The zero-order valence-corrected chi connectivity index (χ0v) is 13.2. The summed E-state index contributed by atoms with van der Waals surface area (Å²) in [7, 11) is 0. The normalized spacial score (nSPS) is 26.4. The molecule has 0 bridgehead atoms. The molecule has 1 fully saturated rings. The summed E-state index contributed by atoms with van der Waals surface area (Å²) in [6, 6.07) is 0. The number of β-amino-alcohol motifs (C(OH)–C–C–N with tert-alkyl or cyclic N) is 1. The van der Waals surface area contributed by atoms with Gasteiger partial charge >= 0.3 is 0 Å². The molecule has 0 heterocycles. The average Bonchev–Trinajstić information content (AvgIpc) is 2.35. The third-order valence-corrected chi connectivity index (χ3v) is 4.23. The first-order chi connectivity index (χ1) is 8.94. The first kappa shape index (κ1) is 16.9. The highest BCUT2D eigenvalue weighted by atomic mass is 16.5. The van der Waals surface area contributed by atoms with Crippen molar-refractivity contribution in [2.24, 2.45) is 5.92 Å². The molecule has 0 amide bonds. The van der Waals surface area contributed by atoms with E-state index in [2.05, 4.69) is 33.0 Å². The Hall–Kier alpha value is -0.120. The van der Waals surface area contributed by atoms with Gasteiger partial charge in [0.05, 0.1) is 18.8 Å². The van der Waals surface area contributed by atoms with Gasteiger partial charge in [0.15, 0.2) is 0 Å². The lowest BCUT2D eigenvalue weighted by molar-refractivity contribution is -0.0463. The van der Waals surface area contributed by atoms with Gasteiger partial charge in [-0.05, 0) is 39.0 Å². The predicted molar refractivity (Wildman–Crippen MR) is 80.4 cm³/mol. The minimum atomic E-state index is -0.398. The highest BCUT2D eigenvalue weighted by Gasteiger charge is 2.23. The lowest BCUT2D eigenvalue weighted by Crippen LogP contribution is -2.44. The van der Waals surface area contributed by atoms with Crippen LogP contribution >= 0.6 is 0 Å². The zero-order valence-electron chi connectivity index (χ0n) is 13.2. The fraction of sp³-hybridized carbons (Fsp3) is 1.00. The molecule has 19 heavy (non-hydrogen) atoms. The molecule has 2 N–H and O–H groups in total. The second-order valence-corrected chi connectivity index (χ2v) is 6.80. The monoisotopic (exact) mass is 271 g/mol. The summed E-state index contributed by atoms with van der Waals surface area (Å²) >= 11 is 0. The summed E-state index contributed by atoms with van der Waals surface area (Å²) < 4.78 is 5.89. The van der Waals surface area contributed by atoms with Gasteiger partial charge in [0.1, 0.15) is 0 Å². The Labute approximate surface area is 119 Å². The Morgan fingerprint density at radius 1 is 1.32 bits per heavy atom. The molecule has 3 atom stereocenters. The molecule has 1 saturated carbocycles. The maximum absolute atomic E-state index is 10.0. The fourth-order valence-electron chi connectivity index (χ4n) is 2.93. The van der Waals surface area contributed by atoms with Crippen molar-refractivity contribution in [1.82, 2.24) is 5.32 Å². The molecular weight excluding hydrogens is 238 g/mol. The van der Waals surface area contributed by atoms with Crippen molar-refractivity contribution < 1.29 is 9.84 Å². The largest absolute Gasteiger partial charge is 0.389 e. The van der Waals surface area contributed by atoms with Crippen molar-refractivity contribution in [3.63, 3.8) is 0 Å². The van der Waals surface area contributed by atoms with Crippen LogP contribution in [0.5, 0.6) is 0 Å². The first-order valence-corrected chi connectivity index (χ1v) is 7.99. The van der Waals surface area contributed by atoms with E-state index < -0.39 is 6.10 Å². The lowest BCUT2D eigenvalue weighted by atomic mass is 9.88. The number of hydrogen-bond donors (Lipinski definition) is 2. The van der Waals surface area contributed by atoms with E-state index in [-0.39, 0.29) is 5.54 Å². The number of ether oxygens (including phenoxy) is 1. The molecule has 0 spiro atoms. The van der Waals surface area contributed by atoms with E-state index in [1.54, 1.807) is 0 Å². The summed E-state index contributed by atoms with van der Waals surface area (Å²) in [5.41, 5.74) is 0.105. The molecule has 3 nitrogen and oxygen atoms in total. The molecule has 3 unspecified atom stereocenters. The average molecular weight is 271 g/mol. The molecule has 0 aromatic carbocycles. The molecule has 1 rings (SSSR count). The van der Waals surface area contributed by atoms with E-state index in [1.807, 2.05) is 0 Å². The van der Waals surface area contributed by atoms with Crippen LogP contribution in [0, 0.1) is 5.92 Å². The van der Waals surface area contributed by atoms with Gasteiger partial charge < -0.3 is 15.2 Å². The fourth-order valence-corrected chi connectivity index (χ4v) is 2.93. The Balaban J connectivity index is 2.18. The van der Waals surface area contributed by atoms with E-state index in [4.69, 9.17) is 4.74 Å². The molecular formula is C16H33NO2. The van der Waals surface area contributed by atoms with Gasteiger partial charge in [-0.3, -0.25) is 0 Å². The van der Waals surface area contributed by atoms with Crippen LogP contribution in [0.1, 0.15) is 66.2 Å². The van der Waals surface area contributed by atoms with Crippen molar-refractivity contribution in [2.75, 3.05) is 13.2 Å². The van der Waals surface area contributed by atoms with Gasteiger partial charge in [0.2, 0.25) is 0 Å². The first-order valence-electron chi connectivity index (χ1n) is 7.99. The minimum absolute atomic E-state index is 0.105. The third-order valence-electron chi connectivity index (χ3n) is 4.23. The highest BCUT2D eigenvalue weighted by Crippen LogP contribution is 2.26. The van der Waals surface area contributed by atoms with E-state index >= 15 is 0 Å². The highest BCUT2D eigenvalue weighted by molar-refractivity contribution is 4.78. The molecule has 0 radical (unpaired) electrons. The predicted octanol–water partition coefficient (Wildman–Crippen LogP) is 3.11. The molecule has 1 aliphatic carbocycles. The molecule has 0 aliphatic heterocycles. The van der Waals surface area contributed by atoms with Crippen LogP contribution in [0.4, 0.5) is 0 Å². The van der Waals surface area contributed by atoms with Crippen LogP contribution in [0.15, 0.2) is 0 Å². The van der Waals surface area contributed by atoms with Gasteiger partial charge in [-0.25, -0.2) is 0 Å². The molecule has 0 saturated heterocycles. The van der Waals surface area contributed by atoms with Crippen LogP contribution in [0.3, 0.4) is 0 Å². The number of aliphatic hydroxyl groups excluding tert-OH is 1. The second kappa shape index (κ2) is 8.23. The van der Waals surface area contributed by atoms with Crippen LogP contribution in [0.2, 0.25) is 0 Å². The van der Waals surface area contributed by atoms with E-state index in [0.717, 1.165) is 19.3 Å². The molecule has 0 aromatic heterocycles. The number of rotatable bonds is 8. The van der Waals surface area contributed by atoms with Gasteiger partial charge in [-0.2, -0.15) is 0 Å². The Morgan fingerprint density at radius 2 is 2.00 bits per heavy atom. The third kappa shape index (κ3) is 6.73. The maximum Gasteiger partial charge on any atom is 0.0898 e. The molecule has 114 valence electrons. The standard InChI is InChI=1S/C16H33NO2/c1-5-10-16(3,4)17-11-14(18)12-19-15-9-7-6-8-13(15)2/h13-15,17-18H,5-12H2,1-4H3. The van der Waals surface area contributed by atoms with Crippen LogP contribution < -0.4 is 5.32 Å². The quantitative estimate of drug-likeness (QED) is 0.713. The topological polar surface area (TPSA) is 41.5 Å². The van der Waals surface area contributed by atoms with Crippen LogP contribution in [-0.4, -0.2) is 36.0 Å². The van der Waals surface area contributed by atoms with Crippen LogP contribution in [0.25, 0.3) is 0 Å². The minimum Gasteiger partial charge on any atom is -0.389 e. The second-order valence-electron chi connectivity index (χ2n) is 6.80. The summed E-state index contributed by atoms with van der Waals surface area (Å²) in [5.74, 6) is 0.644. The van der Waals surface area contributed by atoms with Gasteiger partial charge in [0, 0.05) is 12.1 Å². The number of hydrogen-bond acceptors (Lipinski definition) is 3. The lowest BCUT2D eigenvalue weighted by Gasteiger charge is -2.31. The van der Waals surface area contributed by atoms with Crippen molar-refractivity contribution in [3.05, 3.63) is 0 Å². The van der Waals surface area contributed by atoms with Gasteiger partial charge in [-0.15, -0.1) is 0 Å². The smallest absolute Gasteiger partial charge is 0.0898 e. The van der Waals surface area contributed by atoms with Crippen molar-refractivity contribution in [3.8, 4) is 0 Å². The summed E-state index contributed by atoms with van der Waals surface area (Å²) in [4.78, 5) is 0. The summed E-state index contributed by atoms with van der Waals surface area (Å²) in [6.45, 7) is 9.91. The van der Waals surface area contributed by atoms with Crippen molar-refractivity contribution in [1.29, 1.82) is 0 Å². The maximum atomic E-state index is 10.0. The molecule has 1 aliphatic rings. The Morgan fingerprint density at radius 3 is 2.63 bits per heavy atom.